The van der Waals surface area contributed by atoms with Crippen LogP contribution in [0.3, 0.4) is 0 Å². The van der Waals surface area contributed by atoms with Gasteiger partial charge in [0, 0.05) is 11.1 Å². The van der Waals surface area contributed by atoms with Crippen molar-refractivity contribution >= 4 is 10.9 Å². The van der Waals surface area contributed by atoms with Gasteiger partial charge in [0.2, 0.25) is 5.88 Å². The van der Waals surface area contributed by atoms with E-state index in [2.05, 4.69) is 16.2 Å². The molecule has 0 amide bonds. The molecule has 0 aliphatic rings. The SMILES string of the molecule is Cc1ccc(C#N)c(Oc2ccc(-n3ncc4ccccc43)cc2)n1. The molecule has 4 rings (SSSR count). The van der Waals surface area contributed by atoms with E-state index in [1.54, 1.807) is 12.1 Å². The van der Waals surface area contributed by atoms with E-state index in [9.17, 15) is 5.26 Å². The van der Waals surface area contributed by atoms with Gasteiger partial charge in [-0.2, -0.15) is 10.4 Å². The minimum absolute atomic E-state index is 0.319. The maximum absolute atomic E-state index is 9.18. The van der Waals surface area contributed by atoms with Crippen LogP contribution in [0.15, 0.2) is 66.9 Å². The molecule has 0 unspecified atom stereocenters. The van der Waals surface area contributed by atoms with Crippen molar-refractivity contribution in [2.75, 3.05) is 0 Å². The largest absolute Gasteiger partial charge is 0.438 e. The monoisotopic (exact) mass is 326 g/mol. The molecule has 25 heavy (non-hydrogen) atoms. The fourth-order valence-electron chi connectivity index (χ4n) is 2.64. The Morgan fingerprint density at radius 3 is 2.60 bits per heavy atom. The molecule has 2 aromatic heterocycles. The highest BCUT2D eigenvalue weighted by Gasteiger charge is 2.08. The molecule has 0 bridgehead atoms. The second-order valence-electron chi connectivity index (χ2n) is 5.63. The van der Waals surface area contributed by atoms with E-state index in [0.717, 1.165) is 22.3 Å². The van der Waals surface area contributed by atoms with Gasteiger partial charge >= 0.3 is 0 Å². The molecule has 0 radical (unpaired) electrons. The average Bonchev–Trinajstić information content (AvgIpc) is 3.07. The van der Waals surface area contributed by atoms with Crippen molar-refractivity contribution in [2.24, 2.45) is 0 Å². The van der Waals surface area contributed by atoms with Crippen molar-refractivity contribution in [3.8, 4) is 23.4 Å². The van der Waals surface area contributed by atoms with Gasteiger partial charge in [-0.3, -0.25) is 0 Å². The third kappa shape index (κ3) is 2.81. The molecule has 2 aromatic carbocycles. The van der Waals surface area contributed by atoms with Gasteiger partial charge in [0.25, 0.3) is 0 Å². The van der Waals surface area contributed by atoms with Crippen LogP contribution in [-0.2, 0) is 0 Å². The molecule has 0 fully saturated rings. The second kappa shape index (κ2) is 6.10. The molecule has 4 aromatic rings. The van der Waals surface area contributed by atoms with Crippen LogP contribution in [0.4, 0.5) is 0 Å². The predicted molar refractivity (Wildman–Crippen MR) is 94.8 cm³/mol. The Balaban J connectivity index is 1.65. The molecule has 5 nitrogen and oxygen atoms in total. The summed E-state index contributed by atoms with van der Waals surface area (Å²) in [6.45, 7) is 1.86. The van der Waals surface area contributed by atoms with Crippen molar-refractivity contribution in [3.63, 3.8) is 0 Å². The smallest absolute Gasteiger partial charge is 0.237 e. The van der Waals surface area contributed by atoms with Gasteiger partial charge in [-0.1, -0.05) is 18.2 Å². The molecule has 0 saturated carbocycles. The molecule has 0 spiro atoms. The summed E-state index contributed by atoms with van der Waals surface area (Å²) in [7, 11) is 0. The predicted octanol–water partition coefficient (Wildman–Crippen LogP) is 4.39. The maximum Gasteiger partial charge on any atom is 0.237 e. The van der Waals surface area contributed by atoms with Crippen LogP contribution in [-0.4, -0.2) is 14.8 Å². The molecule has 120 valence electrons. The first-order chi connectivity index (χ1) is 12.2. The number of aromatic nitrogens is 3. The molecule has 2 heterocycles. The van der Waals surface area contributed by atoms with Crippen molar-refractivity contribution < 1.29 is 4.74 Å². The molecular weight excluding hydrogens is 312 g/mol. The first-order valence-corrected chi connectivity index (χ1v) is 7.83. The number of benzene rings is 2. The number of fused-ring (bicyclic) bond motifs is 1. The Kier molecular flexibility index (Phi) is 3.64. The summed E-state index contributed by atoms with van der Waals surface area (Å²) < 4.78 is 7.66. The van der Waals surface area contributed by atoms with Crippen LogP contribution < -0.4 is 4.74 Å². The van der Waals surface area contributed by atoms with E-state index in [1.165, 1.54) is 0 Å². The normalized spacial score (nSPS) is 10.6. The fraction of sp³-hybridized carbons (Fsp3) is 0.0500. The Labute approximate surface area is 144 Å². The standard InChI is InChI=1S/C20H14N4O/c1-14-6-7-15(12-21)20(23-14)25-18-10-8-17(9-11-18)24-19-5-3-2-4-16(19)13-22-24/h2-11,13H,1H3. The summed E-state index contributed by atoms with van der Waals surface area (Å²) in [5.74, 6) is 0.939. The van der Waals surface area contributed by atoms with Crippen molar-refractivity contribution in [3.05, 3.63) is 78.1 Å². The second-order valence-corrected chi connectivity index (χ2v) is 5.63. The van der Waals surface area contributed by atoms with Gasteiger partial charge < -0.3 is 4.74 Å². The molecule has 5 heteroatoms. The zero-order chi connectivity index (χ0) is 17.2. The molecule has 0 atom stereocenters. The lowest BCUT2D eigenvalue weighted by molar-refractivity contribution is 0.460. The lowest BCUT2D eigenvalue weighted by Gasteiger charge is -2.08. The number of rotatable bonds is 3. The quantitative estimate of drug-likeness (QED) is 0.560. The third-order valence-electron chi connectivity index (χ3n) is 3.89. The average molecular weight is 326 g/mol. The van der Waals surface area contributed by atoms with Gasteiger partial charge in [0.15, 0.2) is 0 Å². The van der Waals surface area contributed by atoms with Crippen LogP contribution in [0.5, 0.6) is 11.6 Å². The molecule has 0 aliphatic heterocycles. The van der Waals surface area contributed by atoms with Crippen LogP contribution in [0.1, 0.15) is 11.3 Å². The summed E-state index contributed by atoms with van der Waals surface area (Å²) >= 11 is 0. The minimum Gasteiger partial charge on any atom is -0.438 e. The lowest BCUT2D eigenvalue weighted by atomic mass is 10.2. The van der Waals surface area contributed by atoms with Crippen molar-refractivity contribution in [1.29, 1.82) is 5.26 Å². The number of pyridine rings is 1. The number of nitriles is 1. The van der Waals surface area contributed by atoms with Crippen molar-refractivity contribution in [1.82, 2.24) is 14.8 Å². The first kappa shape index (κ1) is 14.9. The number of para-hydroxylation sites is 1. The van der Waals surface area contributed by atoms with Gasteiger partial charge in [-0.25, -0.2) is 9.67 Å². The lowest BCUT2D eigenvalue weighted by Crippen LogP contribution is -1.97. The van der Waals surface area contributed by atoms with E-state index in [-0.39, 0.29) is 0 Å². The van der Waals surface area contributed by atoms with Gasteiger partial charge in [-0.05, 0) is 49.4 Å². The Morgan fingerprint density at radius 1 is 1.00 bits per heavy atom. The molecule has 0 saturated heterocycles. The topological polar surface area (TPSA) is 63.7 Å². The summed E-state index contributed by atoms with van der Waals surface area (Å²) in [4.78, 5) is 4.29. The number of nitrogens with zero attached hydrogens (tertiary/aromatic N) is 4. The van der Waals surface area contributed by atoms with Crippen LogP contribution in [0.25, 0.3) is 16.6 Å². The zero-order valence-electron chi connectivity index (χ0n) is 13.5. The number of hydrogen-bond donors (Lipinski definition) is 0. The minimum atomic E-state index is 0.319. The highest BCUT2D eigenvalue weighted by Crippen LogP contribution is 2.25. The maximum atomic E-state index is 9.18. The Hall–Kier alpha value is -3.65. The summed E-state index contributed by atoms with van der Waals surface area (Å²) in [6.07, 6.45) is 1.84. The molecule has 0 aliphatic carbocycles. The van der Waals surface area contributed by atoms with E-state index < -0.39 is 0 Å². The number of ether oxygens (including phenoxy) is 1. The van der Waals surface area contributed by atoms with Crippen molar-refractivity contribution in [2.45, 2.75) is 6.92 Å². The first-order valence-electron chi connectivity index (χ1n) is 7.83. The highest BCUT2D eigenvalue weighted by atomic mass is 16.5. The van der Waals surface area contributed by atoms with Gasteiger partial charge in [0.1, 0.15) is 17.4 Å². The van der Waals surface area contributed by atoms with E-state index >= 15 is 0 Å². The van der Waals surface area contributed by atoms with Gasteiger partial charge in [0.05, 0.1) is 17.4 Å². The summed E-state index contributed by atoms with van der Waals surface area (Å²) in [5, 5.41) is 14.7. The highest BCUT2D eigenvalue weighted by molar-refractivity contribution is 5.80. The van der Waals surface area contributed by atoms with E-state index in [4.69, 9.17) is 4.74 Å². The Bertz CT molecular complexity index is 1090. The zero-order valence-corrected chi connectivity index (χ0v) is 13.5. The number of aryl methyl sites for hydroxylation is 1. The van der Waals surface area contributed by atoms with Crippen LogP contribution in [0.2, 0.25) is 0 Å². The summed E-state index contributed by atoms with van der Waals surface area (Å²) in [5.41, 5.74) is 3.19. The van der Waals surface area contributed by atoms with E-state index in [1.807, 2.05) is 66.3 Å². The fourth-order valence-corrected chi connectivity index (χ4v) is 2.64. The van der Waals surface area contributed by atoms with E-state index in [0.29, 0.717) is 17.2 Å². The molecule has 0 N–H and O–H groups in total. The van der Waals surface area contributed by atoms with Gasteiger partial charge in [-0.15, -0.1) is 0 Å². The van der Waals surface area contributed by atoms with Crippen LogP contribution in [0, 0.1) is 18.3 Å². The Morgan fingerprint density at radius 2 is 1.80 bits per heavy atom. The summed E-state index contributed by atoms with van der Waals surface area (Å²) in [6, 6.07) is 21.2. The van der Waals surface area contributed by atoms with Crippen LogP contribution >= 0.6 is 0 Å². The number of hydrogen-bond acceptors (Lipinski definition) is 4. The third-order valence-corrected chi connectivity index (χ3v) is 3.89. The molecular formula is C20H14N4O.